The van der Waals surface area contributed by atoms with Crippen LogP contribution in [-0.4, -0.2) is 15.6 Å². The SMILES string of the molecule is O=C(O)c1ccc(F)c2ccn(Cc3ccc(C(F)F)cc3)c12. The second kappa shape index (κ2) is 5.79. The van der Waals surface area contributed by atoms with Gasteiger partial charge in [0, 0.05) is 23.7 Å². The minimum Gasteiger partial charge on any atom is -0.478 e. The smallest absolute Gasteiger partial charge is 0.337 e. The molecule has 118 valence electrons. The standard InChI is InChI=1S/C17H12F3NO2/c18-14-6-5-13(17(22)23)15-12(14)7-8-21(15)9-10-1-3-11(4-2-10)16(19)20/h1-8,16H,9H2,(H,22,23). The zero-order valence-corrected chi connectivity index (χ0v) is 11.8. The van der Waals surface area contributed by atoms with Gasteiger partial charge in [0.1, 0.15) is 5.82 Å². The van der Waals surface area contributed by atoms with Gasteiger partial charge < -0.3 is 9.67 Å². The van der Waals surface area contributed by atoms with Crippen molar-refractivity contribution in [3.8, 4) is 0 Å². The van der Waals surface area contributed by atoms with E-state index in [9.17, 15) is 23.1 Å². The van der Waals surface area contributed by atoms with Gasteiger partial charge in [0.25, 0.3) is 6.43 Å². The van der Waals surface area contributed by atoms with E-state index in [4.69, 9.17) is 0 Å². The van der Waals surface area contributed by atoms with Crippen LogP contribution in [0.4, 0.5) is 13.2 Å². The number of rotatable bonds is 4. The summed E-state index contributed by atoms with van der Waals surface area (Å²) in [4.78, 5) is 11.3. The second-order valence-electron chi connectivity index (χ2n) is 5.15. The van der Waals surface area contributed by atoms with Crippen molar-refractivity contribution < 1.29 is 23.1 Å². The molecule has 3 rings (SSSR count). The molecule has 0 atom stereocenters. The van der Waals surface area contributed by atoms with Crippen molar-refractivity contribution in [2.75, 3.05) is 0 Å². The minimum absolute atomic E-state index is 0.00407. The summed E-state index contributed by atoms with van der Waals surface area (Å²) in [5, 5.41) is 9.48. The number of benzene rings is 2. The third kappa shape index (κ3) is 2.79. The zero-order chi connectivity index (χ0) is 16.6. The van der Waals surface area contributed by atoms with E-state index in [1.54, 1.807) is 22.9 Å². The molecule has 0 aliphatic rings. The van der Waals surface area contributed by atoms with Crippen molar-refractivity contribution in [2.45, 2.75) is 13.0 Å². The van der Waals surface area contributed by atoms with E-state index in [0.29, 0.717) is 5.56 Å². The molecule has 0 saturated heterocycles. The monoisotopic (exact) mass is 319 g/mol. The van der Waals surface area contributed by atoms with Gasteiger partial charge in [0.2, 0.25) is 0 Å². The van der Waals surface area contributed by atoms with Gasteiger partial charge in [-0.25, -0.2) is 18.0 Å². The van der Waals surface area contributed by atoms with Crippen molar-refractivity contribution in [1.29, 1.82) is 0 Å². The molecule has 0 unspecified atom stereocenters. The number of hydrogen-bond donors (Lipinski definition) is 1. The van der Waals surface area contributed by atoms with Crippen LogP contribution in [0, 0.1) is 5.82 Å². The molecule has 0 spiro atoms. The Morgan fingerprint density at radius 1 is 1.09 bits per heavy atom. The molecule has 0 fully saturated rings. The molecule has 2 aromatic carbocycles. The molecule has 1 N–H and O–H groups in total. The summed E-state index contributed by atoms with van der Waals surface area (Å²) in [7, 11) is 0. The van der Waals surface area contributed by atoms with Gasteiger partial charge in [0.05, 0.1) is 11.1 Å². The number of hydrogen-bond acceptors (Lipinski definition) is 1. The van der Waals surface area contributed by atoms with Crippen LogP contribution in [0.3, 0.4) is 0 Å². The van der Waals surface area contributed by atoms with Crippen LogP contribution in [0.2, 0.25) is 0 Å². The Morgan fingerprint density at radius 2 is 1.78 bits per heavy atom. The first-order valence-electron chi connectivity index (χ1n) is 6.85. The molecular formula is C17H12F3NO2. The van der Waals surface area contributed by atoms with E-state index in [1.165, 1.54) is 24.3 Å². The molecule has 1 heterocycles. The highest BCUT2D eigenvalue weighted by atomic mass is 19.3. The number of nitrogens with zero attached hydrogens (tertiary/aromatic N) is 1. The fourth-order valence-corrected chi connectivity index (χ4v) is 2.56. The van der Waals surface area contributed by atoms with E-state index >= 15 is 0 Å². The number of alkyl halides is 2. The third-order valence-electron chi connectivity index (χ3n) is 3.69. The highest BCUT2D eigenvalue weighted by Gasteiger charge is 2.16. The van der Waals surface area contributed by atoms with Gasteiger partial charge in [-0.2, -0.15) is 0 Å². The maximum Gasteiger partial charge on any atom is 0.337 e. The van der Waals surface area contributed by atoms with E-state index in [-0.39, 0.29) is 28.6 Å². The number of carbonyl (C=O) groups is 1. The first-order chi connectivity index (χ1) is 11.0. The predicted octanol–water partition coefficient (Wildman–Crippen LogP) is 4.46. The molecule has 0 bridgehead atoms. The van der Waals surface area contributed by atoms with Crippen LogP contribution in [-0.2, 0) is 6.54 Å². The maximum absolute atomic E-state index is 13.8. The lowest BCUT2D eigenvalue weighted by Crippen LogP contribution is -2.05. The van der Waals surface area contributed by atoms with Gasteiger partial charge >= 0.3 is 5.97 Å². The fraction of sp³-hybridized carbons (Fsp3) is 0.118. The Bertz CT molecular complexity index is 869. The van der Waals surface area contributed by atoms with Gasteiger partial charge in [0.15, 0.2) is 0 Å². The van der Waals surface area contributed by atoms with Crippen molar-refractivity contribution in [3.63, 3.8) is 0 Å². The van der Waals surface area contributed by atoms with E-state index < -0.39 is 18.2 Å². The average molecular weight is 319 g/mol. The van der Waals surface area contributed by atoms with E-state index in [0.717, 1.165) is 6.07 Å². The quantitative estimate of drug-likeness (QED) is 0.771. The van der Waals surface area contributed by atoms with Crippen LogP contribution in [0.5, 0.6) is 0 Å². The lowest BCUT2D eigenvalue weighted by atomic mass is 10.1. The van der Waals surface area contributed by atoms with Crippen molar-refractivity contribution >= 4 is 16.9 Å². The number of aromatic nitrogens is 1. The molecule has 6 heteroatoms. The molecule has 0 saturated carbocycles. The van der Waals surface area contributed by atoms with E-state index in [2.05, 4.69) is 0 Å². The fourth-order valence-electron chi connectivity index (χ4n) is 2.56. The largest absolute Gasteiger partial charge is 0.478 e. The molecule has 0 aliphatic heterocycles. The number of aromatic carboxylic acids is 1. The zero-order valence-electron chi connectivity index (χ0n) is 11.8. The molecule has 3 aromatic rings. The van der Waals surface area contributed by atoms with Crippen molar-refractivity contribution in [3.05, 3.63) is 71.2 Å². The van der Waals surface area contributed by atoms with Crippen LogP contribution in [0.1, 0.15) is 27.9 Å². The maximum atomic E-state index is 13.8. The average Bonchev–Trinajstić information content (AvgIpc) is 2.92. The summed E-state index contributed by atoms with van der Waals surface area (Å²) in [5.74, 6) is -1.65. The summed E-state index contributed by atoms with van der Waals surface area (Å²) >= 11 is 0. The third-order valence-corrected chi connectivity index (χ3v) is 3.69. The topological polar surface area (TPSA) is 42.2 Å². The summed E-state index contributed by atoms with van der Waals surface area (Å²) in [6.07, 6.45) is -0.953. The Balaban J connectivity index is 2.03. The van der Waals surface area contributed by atoms with Gasteiger partial charge in [-0.15, -0.1) is 0 Å². The normalized spacial score (nSPS) is 11.3. The first-order valence-corrected chi connectivity index (χ1v) is 6.85. The number of carboxylic acids is 1. The van der Waals surface area contributed by atoms with Gasteiger partial charge in [-0.1, -0.05) is 24.3 Å². The molecule has 0 aliphatic carbocycles. The minimum atomic E-state index is -2.54. The Kier molecular flexibility index (Phi) is 3.82. The van der Waals surface area contributed by atoms with E-state index in [1.807, 2.05) is 0 Å². The van der Waals surface area contributed by atoms with Crippen LogP contribution >= 0.6 is 0 Å². The molecule has 0 amide bonds. The number of carboxylic acid groups (broad SMARTS) is 1. The lowest BCUT2D eigenvalue weighted by molar-refractivity contribution is 0.0698. The lowest BCUT2D eigenvalue weighted by Gasteiger charge is -2.09. The Hall–Kier alpha value is -2.76. The molecule has 23 heavy (non-hydrogen) atoms. The van der Waals surface area contributed by atoms with Crippen molar-refractivity contribution in [1.82, 2.24) is 4.57 Å². The highest BCUT2D eigenvalue weighted by molar-refractivity contribution is 6.02. The number of fused-ring (bicyclic) bond motifs is 1. The summed E-state index contributed by atoms with van der Waals surface area (Å²) in [6.45, 7) is 0.261. The van der Waals surface area contributed by atoms with Crippen LogP contribution in [0.25, 0.3) is 10.9 Å². The number of halogens is 3. The Labute approximate surface area is 129 Å². The second-order valence-corrected chi connectivity index (χ2v) is 5.15. The highest BCUT2D eigenvalue weighted by Crippen LogP contribution is 2.25. The van der Waals surface area contributed by atoms with Crippen molar-refractivity contribution in [2.24, 2.45) is 0 Å². The molecular weight excluding hydrogens is 307 g/mol. The molecule has 0 radical (unpaired) electrons. The summed E-state index contributed by atoms with van der Waals surface area (Å²) in [5.41, 5.74) is 0.905. The molecule has 3 nitrogen and oxygen atoms in total. The van der Waals surface area contributed by atoms with Crippen LogP contribution in [0.15, 0.2) is 48.7 Å². The molecule has 1 aromatic heterocycles. The Morgan fingerprint density at radius 3 is 2.39 bits per heavy atom. The van der Waals surface area contributed by atoms with Gasteiger partial charge in [-0.05, 0) is 23.8 Å². The van der Waals surface area contributed by atoms with Gasteiger partial charge in [-0.3, -0.25) is 0 Å². The van der Waals surface area contributed by atoms with Crippen LogP contribution < -0.4 is 0 Å². The summed E-state index contributed by atoms with van der Waals surface area (Å²) in [6, 6.07) is 9.59. The summed E-state index contributed by atoms with van der Waals surface area (Å²) < 4.78 is 40.5. The predicted molar refractivity (Wildman–Crippen MR) is 79.4 cm³/mol. The first kappa shape index (κ1) is 15.1.